The van der Waals surface area contributed by atoms with E-state index < -0.39 is 6.04 Å². The molecule has 0 aliphatic rings. The molecular formula is C7H13NO. The van der Waals surface area contributed by atoms with Crippen LogP contribution in [0.15, 0.2) is 11.6 Å². The van der Waals surface area contributed by atoms with E-state index in [0.29, 0.717) is 0 Å². The van der Waals surface area contributed by atoms with Crippen molar-refractivity contribution in [2.45, 2.75) is 26.8 Å². The molecule has 52 valence electrons. The SMILES string of the molecule is C/C=C(\C)C(N)C(C)=O. The maximum atomic E-state index is 10.6. The summed E-state index contributed by atoms with van der Waals surface area (Å²) in [5.41, 5.74) is 6.39. The second-order valence-electron chi connectivity index (χ2n) is 2.12. The van der Waals surface area contributed by atoms with Gasteiger partial charge < -0.3 is 5.73 Å². The van der Waals surface area contributed by atoms with Crippen molar-refractivity contribution < 1.29 is 4.79 Å². The summed E-state index contributed by atoms with van der Waals surface area (Å²) in [7, 11) is 0. The van der Waals surface area contributed by atoms with Gasteiger partial charge in [-0.15, -0.1) is 0 Å². The van der Waals surface area contributed by atoms with Gasteiger partial charge in [-0.2, -0.15) is 0 Å². The molecule has 0 heterocycles. The zero-order valence-electron chi connectivity index (χ0n) is 6.14. The van der Waals surface area contributed by atoms with Crippen LogP contribution in [0.25, 0.3) is 0 Å². The first-order valence-corrected chi connectivity index (χ1v) is 2.98. The molecule has 0 aliphatic carbocycles. The Labute approximate surface area is 55.7 Å². The molecule has 0 bridgehead atoms. The number of hydrogen-bond donors (Lipinski definition) is 1. The maximum Gasteiger partial charge on any atom is 0.150 e. The molecule has 1 unspecified atom stereocenters. The molecule has 0 spiro atoms. The van der Waals surface area contributed by atoms with Crippen molar-refractivity contribution in [3.63, 3.8) is 0 Å². The van der Waals surface area contributed by atoms with Crippen molar-refractivity contribution in [1.82, 2.24) is 0 Å². The van der Waals surface area contributed by atoms with E-state index in [1.54, 1.807) is 0 Å². The van der Waals surface area contributed by atoms with Crippen LogP contribution in [0.4, 0.5) is 0 Å². The fourth-order valence-electron chi connectivity index (χ4n) is 0.500. The van der Waals surface area contributed by atoms with E-state index in [2.05, 4.69) is 0 Å². The lowest BCUT2D eigenvalue weighted by molar-refractivity contribution is -0.117. The Kier molecular flexibility index (Phi) is 3.17. The number of ketones is 1. The third-order valence-corrected chi connectivity index (χ3v) is 1.38. The van der Waals surface area contributed by atoms with Crippen LogP contribution in [0.1, 0.15) is 20.8 Å². The van der Waals surface area contributed by atoms with Crippen LogP contribution in [0.5, 0.6) is 0 Å². The highest BCUT2D eigenvalue weighted by Gasteiger charge is 2.07. The molecule has 0 amide bonds. The predicted molar refractivity (Wildman–Crippen MR) is 38.1 cm³/mol. The van der Waals surface area contributed by atoms with Crippen LogP contribution >= 0.6 is 0 Å². The Bertz CT molecular complexity index is 138. The van der Waals surface area contributed by atoms with Gasteiger partial charge in [0.2, 0.25) is 0 Å². The number of rotatable bonds is 2. The minimum atomic E-state index is -0.394. The summed E-state index contributed by atoms with van der Waals surface area (Å²) in [6.07, 6.45) is 1.85. The molecule has 0 radical (unpaired) electrons. The molecule has 2 nitrogen and oxygen atoms in total. The quantitative estimate of drug-likeness (QED) is 0.559. The average molecular weight is 127 g/mol. The highest BCUT2D eigenvalue weighted by molar-refractivity contribution is 5.84. The van der Waals surface area contributed by atoms with E-state index in [4.69, 9.17) is 5.73 Å². The highest BCUT2D eigenvalue weighted by Crippen LogP contribution is 1.97. The molecule has 0 fully saturated rings. The summed E-state index contributed by atoms with van der Waals surface area (Å²) in [4.78, 5) is 10.6. The standard InChI is InChI=1S/C7H13NO/c1-4-5(2)7(8)6(3)9/h4,7H,8H2,1-3H3/b5-4+. The monoisotopic (exact) mass is 127 g/mol. The zero-order valence-corrected chi connectivity index (χ0v) is 6.14. The summed E-state index contributed by atoms with van der Waals surface area (Å²) in [5.74, 6) is 0.0191. The van der Waals surface area contributed by atoms with Crippen LogP contribution in [-0.4, -0.2) is 11.8 Å². The minimum absolute atomic E-state index is 0.0191. The van der Waals surface area contributed by atoms with Gasteiger partial charge in [0.15, 0.2) is 5.78 Å². The van der Waals surface area contributed by atoms with E-state index in [1.165, 1.54) is 6.92 Å². The Hall–Kier alpha value is -0.630. The molecule has 2 heteroatoms. The van der Waals surface area contributed by atoms with Gasteiger partial charge in [-0.05, 0) is 20.8 Å². The van der Waals surface area contributed by atoms with Crippen molar-refractivity contribution in [3.8, 4) is 0 Å². The van der Waals surface area contributed by atoms with Crippen molar-refractivity contribution >= 4 is 5.78 Å². The normalized spacial score (nSPS) is 15.3. The van der Waals surface area contributed by atoms with Crippen molar-refractivity contribution in [2.75, 3.05) is 0 Å². The predicted octanol–water partition coefficient (Wildman–Crippen LogP) is 0.869. The van der Waals surface area contributed by atoms with E-state index in [-0.39, 0.29) is 5.78 Å². The van der Waals surface area contributed by atoms with Crippen LogP contribution in [0, 0.1) is 0 Å². The molecule has 0 aromatic carbocycles. The number of allylic oxidation sites excluding steroid dienone is 1. The molecular weight excluding hydrogens is 114 g/mol. The van der Waals surface area contributed by atoms with Gasteiger partial charge >= 0.3 is 0 Å². The lowest BCUT2D eigenvalue weighted by Gasteiger charge is -2.05. The molecule has 1 atom stereocenters. The summed E-state index contributed by atoms with van der Waals surface area (Å²) < 4.78 is 0. The second kappa shape index (κ2) is 3.41. The molecule has 0 aliphatic heterocycles. The number of carbonyl (C=O) groups is 1. The van der Waals surface area contributed by atoms with Crippen LogP contribution in [-0.2, 0) is 4.79 Å². The fraction of sp³-hybridized carbons (Fsp3) is 0.571. The van der Waals surface area contributed by atoms with E-state index in [9.17, 15) is 4.79 Å². The Morgan fingerprint density at radius 3 is 2.11 bits per heavy atom. The van der Waals surface area contributed by atoms with E-state index in [0.717, 1.165) is 5.57 Å². The van der Waals surface area contributed by atoms with Crippen molar-refractivity contribution in [1.29, 1.82) is 0 Å². The molecule has 0 saturated heterocycles. The average Bonchev–Trinajstić information content (AvgIpc) is 1.84. The first-order chi connectivity index (χ1) is 4.09. The van der Waals surface area contributed by atoms with Gasteiger partial charge in [-0.25, -0.2) is 0 Å². The van der Waals surface area contributed by atoms with Gasteiger partial charge in [-0.1, -0.05) is 11.6 Å². The van der Waals surface area contributed by atoms with Gasteiger partial charge in [0, 0.05) is 0 Å². The van der Waals surface area contributed by atoms with E-state index >= 15 is 0 Å². The first-order valence-electron chi connectivity index (χ1n) is 2.98. The zero-order chi connectivity index (χ0) is 7.44. The fourth-order valence-corrected chi connectivity index (χ4v) is 0.500. The molecule has 9 heavy (non-hydrogen) atoms. The third-order valence-electron chi connectivity index (χ3n) is 1.38. The number of nitrogens with two attached hydrogens (primary N) is 1. The van der Waals surface area contributed by atoms with Crippen LogP contribution in [0.3, 0.4) is 0 Å². The highest BCUT2D eigenvalue weighted by atomic mass is 16.1. The van der Waals surface area contributed by atoms with Gasteiger partial charge in [0.25, 0.3) is 0 Å². The molecule has 0 aromatic heterocycles. The lowest BCUT2D eigenvalue weighted by Crippen LogP contribution is -2.29. The molecule has 0 rings (SSSR count). The summed E-state index contributed by atoms with van der Waals surface area (Å²) in [5, 5.41) is 0. The van der Waals surface area contributed by atoms with Crippen LogP contribution < -0.4 is 5.73 Å². The maximum absolute atomic E-state index is 10.6. The summed E-state index contributed by atoms with van der Waals surface area (Å²) in [6, 6.07) is -0.394. The Morgan fingerprint density at radius 1 is 1.56 bits per heavy atom. The topological polar surface area (TPSA) is 43.1 Å². The minimum Gasteiger partial charge on any atom is -0.318 e. The van der Waals surface area contributed by atoms with Gasteiger partial charge in [-0.3, -0.25) is 4.79 Å². The largest absolute Gasteiger partial charge is 0.318 e. The smallest absolute Gasteiger partial charge is 0.150 e. The third kappa shape index (κ3) is 2.42. The summed E-state index contributed by atoms with van der Waals surface area (Å²) in [6.45, 7) is 5.22. The van der Waals surface area contributed by atoms with Crippen molar-refractivity contribution in [2.24, 2.45) is 5.73 Å². The summed E-state index contributed by atoms with van der Waals surface area (Å²) >= 11 is 0. The second-order valence-corrected chi connectivity index (χ2v) is 2.12. The first kappa shape index (κ1) is 8.37. The molecule has 0 saturated carbocycles. The number of carbonyl (C=O) groups excluding carboxylic acids is 1. The number of hydrogen-bond acceptors (Lipinski definition) is 2. The lowest BCUT2D eigenvalue weighted by atomic mass is 10.1. The van der Waals surface area contributed by atoms with Gasteiger partial charge in [0.1, 0.15) is 0 Å². The van der Waals surface area contributed by atoms with E-state index in [1.807, 2.05) is 19.9 Å². The van der Waals surface area contributed by atoms with Gasteiger partial charge in [0.05, 0.1) is 6.04 Å². The number of Topliss-reactive ketones (excluding diaryl/α,β-unsaturated/α-hetero) is 1. The van der Waals surface area contributed by atoms with Crippen LogP contribution in [0.2, 0.25) is 0 Å². The Morgan fingerprint density at radius 2 is 2.00 bits per heavy atom. The molecule has 2 N–H and O–H groups in total. The molecule has 0 aromatic rings. The Balaban J connectivity index is 4.04. The van der Waals surface area contributed by atoms with Crippen molar-refractivity contribution in [3.05, 3.63) is 11.6 Å².